The molecule has 1 aromatic heterocycles. The number of alkyl halides is 3. The monoisotopic (exact) mass is 443 g/mol. The molecule has 1 aliphatic carbocycles. The molecule has 0 saturated carbocycles. The smallest absolute Gasteiger partial charge is 0.478 e. The van der Waals surface area contributed by atoms with Crippen LogP contribution in [0.4, 0.5) is 13.2 Å². The van der Waals surface area contributed by atoms with E-state index >= 15 is 0 Å². The summed E-state index contributed by atoms with van der Waals surface area (Å²) in [5.74, 6) is -1.58. The van der Waals surface area contributed by atoms with Crippen molar-refractivity contribution in [2.45, 2.75) is 39.1 Å². The van der Waals surface area contributed by atoms with E-state index in [0.29, 0.717) is 23.2 Å². The lowest BCUT2D eigenvalue weighted by Gasteiger charge is -2.17. The Hall–Kier alpha value is -3.55. The molecule has 5 nitrogen and oxygen atoms in total. The lowest BCUT2D eigenvalue weighted by molar-refractivity contribution is -0.274. The molecular formula is C24H20F3NO4. The second-order valence-electron chi connectivity index (χ2n) is 7.57. The van der Waals surface area contributed by atoms with Gasteiger partial charge in [0.2, 0.25) is 0 Å². The highest BCUT2D eigenvalue weighted by atomic mass is 19.4. The molecule has 0 saturated heterocycles. The maximum Gasteiger partial charge on any atom is 0.573 e. The number of hydrogen-bond acceptors (Lipinski definition) is 3. The van der Waals surface area contributed by atoms with Gasteiger partial charge in [-0.2, -0.15) is 0 Å². The SMILES string of the molecule is CCn1c(=O)c2c(c3ccc(-c4cc(/C=C/C(=O)O)ccc4OC(F)(F)F)cc31)CCC2. The van der Waals surface area contributed by atoms with Gasteiger partial charge in [0.25, 0.3) is 5.56 Å². The number of aliphatic carboxylic acids is 1. The number of carboxylic acid groups (broad SMARTS) is 1. The zero-order valence-corrected chi connectivity index (χ0v) is 17.2. The zero-order valence-electron chi connectivity index (χ0n) is 17.2. The lowest BCUT2D eigenvalue weighted by atomic mass is 9.97. The summed E-state index contributed by atoms with van der Waals surface area (Å²) in [6.07, 6.45) is -0.274. The van der Waals surface area contributed by atoms with Crippen LogP contribution in [-0.2, 0) is 24.2 Å². The summed E-state index contributed by atoms with van der Waals surface area (Å²) in [5.41, 5.74) is 3.39. The Bertz CT molecular complexity index is 1310. The van der Waals surface area contributed by atoms with Crippen LogP contribution in [0.2, 0.25) is 0 Å². The summed E-state index contributed by atoms with van der Waals surface area (Å²) >= 11 is 0. The maximum atomic E-state index is 13.0. The van der Waals surface area contributed by atoms with Crippen LogP contribution in [0.1, 0.15) is 30.0 Å². The molecule has 0 spiro atoms. The number of ether oxygens (including phenoxy) is 1. The van der Waals surface area contributed by atoms with E-state index < -0.39 is 18.1 Å². The third-order valence-electron chi connectivity index (χ3n) is 5.61. The molecular weight excluding hydrogens is 423 g/mol. The third kappa shape index (κ3) is 4.12. The van der Waals surface area contributed by atoms with Gasteiger partial charge in [-0.3, -0.25) is 4.79 Å². The average molecular weight is 443 g/mol. The fourth-order valence-electron chi connectivity index (χ4n) is 4.30. The van der Waals surface area contributed by atoms with Gasteiger partial charge in [-0.05, 0) is 67.2 Å². The second-order valence-corrected chi connectivity index (χ2v) is 7.57. The Labute approximate surface area is 181 Å². The van der Waals surface area contributed by atoms with E-state index in [2.05, 4.69) is 4.74 Å². The molecule has 8 heteroatoms. The van der Waals surface area contributed by atoms with Gasteiger partial charge in [-0.15, -0.1) is 13.2 Å². The zero-order chi connectivity index (χ0) is 23.0. The van der Waals surface area contributed by atoms with Gasteiger partial charge in [0.05, 0.1) is 5.52 Å². The van der Waals surface area contributed by atoms with E-state index in [1.807, 2.05) is 13.0 Å². The normalized spacial score (nSPS) is 13.6. The van der Waals surface area contributed by atoms with Crippen molar-refractivity contribution in [3.63, 3.8) is 0 Å². The van der Waals surface area contributed by atoms with Crippen LogP contribution in [0, 0.1) is 0 Å². The van der Waals surface area contributed by atoms with Gasteiger partial charge in [0.1, 0.15) is 5.75 Å². The molecule has 1 aliphatic rings. The molecule has 166 valence electrons. The molecule has 1 N–H and O–H groups in total. The van der Waals surface area contributed by atoms with Gasteiger partial charge >= 0.3 is 12.3 Å². The Morgan fingerprint density at radius 2 is 1.91 bits per heavy atom. The maximum absolute atomic E-state index is 13.0. The number of benzene rings is 2. The molecule has 4 rings (SSSR count). The first-order valence-corrected chi connectivity index (χ1v) is 10.2. The van der Waals surface area contributed by atoms with Crippen LogP contribution >= 0.6 is 0 Å². The van der Waals surface area contributed by atoms with Gasteiger partial charge in [0.15, 0.2) is 0 Å². The first kappa shape index (κ1) is 21.7. The number of carbonyl (C=O) groups is 1. The Kier molecular flexibility index (Phi) is 5.54. The van der Waals surface area contributed by atoms with Crippen molar-refractivity contribution in [2.24, 2.45) is 0 Å². The number of aryl methyl sites for hydroxylation is 2. The molecule has 2 aromatic carbocycles. The fourth-order valence-corrected chi connectivity index (χ4v) is 4.30. The summed E-state index contributed by atoms with van der Waals surface area (Å²) in [6, 6.07) is 9.17. The van der Waals surface area contributed by atoms with Gasteiger partial charge in [0, 0.05) is 29.1 Å². The Morgan fingerprint density at radius 1 is 1.16 bits per heavy atom. The van der Waals surface area contributed by atoms with Gasteiger partial charge in [-0.1, -0.05) is 18.2 Å². The summed E-state index contributed by atoms with van der Waals surface area (Å²) < 4.78 is 44.9. The van der Waals surface area contributed by atoms with Crippen molar-refractivity contribution < 1.29 is 27.8 Å². The quantitative estimate of drug-likeness (QED) is 0.552. The standard InChI is InChI=1S/C24H20F3NO4/c1-2-28-20-13-15(8-9-17(20)16-4-3-5-18(16)23(28)31)19-12-14(7-11-22(29)30)6-10-21(19)32-24(25,26)27/h6-13H,2-5H2,1H3,(H,29,30)/b11-7+. The van der Waals surface area contributed by atoms with Crippen molar-refractivity contribution in [3.05, 3.63) is 69.5 Å². The number of aromatic nitrogens is 1. The van der Waals surface area contributed by atoms with Crippen LogP contribution in [0.3, 0.4) is 0 Å². The predicted molar refractivity (Wildman–Crippen MR) is 115 cm³/mol. The number of halogens is 3. The third-order valence-corrected chi connectivity index (χ3v) is 5.61. The van der Waals surface area contributed by atoms with E-state index in [0.717, 1.165) is 47.9 Å². The van der Waals surface area contributed by atoms with Crippen LogP contribution < -0.4 is 10.3 Å². The largest absolute Gasteiger partial charge is 0.573 e. The number of carboxylic acids is 1. The molecule has 3 aromatic rings. The fraction of sp³-hybridized carbons (Fsp3) is 0.250. The average Bonchev–Trinajstić information content (AvgIpc) is 3.22. The van der Waals surface area contributed by atoms with E-state index in [1.54, 1.807) is 16.7 Å². The summed E-state index contributed by atoms with van der Waals surface area (Å²) in [7, 11) is 0. The molecule has 0 fully saturated rings. The van der Waals surface area contributed by atoms with E-state index in [9.17, 15) is 22.8 Å². The molecule has 0 atom stereocenters. The van der Waals surface area contributed by atoms with Crippen molar-refractivity contribution in [1.82, 2.24) is 4.57 Å². The summed E-state index contributed by atoms with van der Waals surface area (Å²) in [5, 5.41) is 9.77. The molecule has 0 aliphatic heterocycles. The topological polar surface area (TPSA) is 68.5 Å². The van der Waals surface area contributed by atoms with Crippen LogP contribution in [-0.4, -0.2) is 22.0 Å². The summed E-state index contributed by atoms with van der Waals surface area (Å²) in [4.78, 5) is 23.8. The first-order chi connectivity index (χ1) is 15.2. The minimum atomic E-state index is -4.89. The second kappa shape index (κ2) is 8.18. The van der Waals surface area contributed by atoms with Gasteiger partial charge in [-0.25, -0.2) is 4.79 Å². The van der Waals surface area contributed by atoms with Gasteiger partial charge < -0.3 is 14.4 Å². The predicted octanol–water partition coefficient (Wildman–Crippen LogP) is 5.17. The van der Waals surface area contributed by atoms with Crippen LogP contribution in [0.5, 0.6) is 5.75 Å². The Morgan fingerprint density at radius 3 is 2.59 bits per heavy atom. The molecule has 0 unspecified atom stereocenters. The van der Waals surface area contributed by atoms with Crippen LogP contribution in [0.25, 0.3) is 28.1 Å². The highest BCUT2D eigenvalue weighted by molar-refractivity contribution is 5.90. The first-order valence-electron chi connectivity index (χ1n) is 10.2. The number of fused-ring (bicyclic) bond motifs is 3. The highest BCUT2D eigenvalue weighted by Crippen LogP contribution is 2.37. The Balaban J connectivity index is 1.94. The highest BCUT2D eigenvalue weighted by Gasteiger charge is 2.32. The molecule has 0 radical (unpaired) electrons. The minimum absolute atomic E-state index is 0.0606. The van der Waals surface area contributed by atoms with Crippen molar-refractivity contribution in [3.8, 4) is 16.9 Å². The van der Waals surface area contributed by atoms with Crippen molar-refractivity contribution in [1.29, 1.82) is 0 Å². The van der Waals surface area contributed by atoms with E-state index in [1.165, 1.54) is 18.2 Å². The molecule has 1 heterocycles. The molecule has 0 amide bonds. The number of pyridine rings is 1. The van der Waals surface area contributed by atoms with E-state index in [-0.39, 0.29) is 11.1 Å². The van der Waals surface area contributed by atoms with Crippen LogP contribution in [0.15, 0.2) is 47.3 Å². The number of hydrogen-bond donors (Lipinski definition) is 1. The van der Waals surface area contributed by atoms with Crippen molar-refractivity contribution in [2.75, 3.05) is 0 Å². The minimum Gasteiger partial charge on any atom is -0.478 e. The molecule has 0 bridgehead atoms. The summed E-state index contributed by atoms with van der Waals surface area (Å²) in [6.45, 7) is 2.28. The number of rotatable bonds is 5. The number of nitrogens with zero attached hydrogens (tertiary/aromatic N) is 1. The van der Waals surface area contributed by atoms with E-state index in [4.69, 9.17) is 5.11 Å². The molecule has 32 heavy (non-hydrogen) atoms. The van der Waals surface area contributed by atoms with Crippen molar-refractivity contribution >= 4 is 22.9 Å². The lowest BCUT2D eigenvalue weighted by Crippen LogP contribution is -2.23.